The van der Waals surface area contributed by atoms with E-state index in [9.17, 15) is 13.2 Å². The zero-order valence-corrected chi connectivity index (χ0v) is 20.0. The molecule has 0 radical (unpaired) electrons. The van der Waals surface area contributed by atoms with Gasteiger partial charge >= 0.3 is 0 Å². The first-order valence-electron chi connectivity index (χ1n) is 10.6. The Morgan fingerprint density at radius 2 is 1.65 bits per heavy atom. The molecule has 180 valence electrons. The first-order chi connectivity index (χ1) is 16.4. The van der Waals surface area contributed by atoms with Crippen LogP contribution in [-0.2, 0) is 10.0 Å². The third kappa shape index (κ3) is 4.57. The van der Waals surface area contributed by atoms with Crippen LogP contribution in [0.4, 0.5) is 0 Å². The molecule has 0 spiro atoms. The Kier molecular flexibility index (Phi) is 6.75. The van der Waals surface area contributed by atoms with Crippen molar-refractivity contribution in [3.05, 3.63) is 54.2 Å². The van der Waals surface area contributed by atoms with Gasteiger partial charge in [-0.2, -0.15) is 9.40 Å². The maximum atomic E-state index is 13.1. The molecule has 2 heterocycles. The monoisotopic (exact) mass is 486 g/mol. The molecule has 34 heavy (non-hydrogen) atoms. The lowest BCUT2D eigenvalue weighted by Gasteiger charge is -2.33. The molecular formula is C23H26N4O6S. The number of sulfonamides is 1. The molecule has 10 nitrogen and oxygen atoms in total. The van der Waals surface area contributed by atoms with Crippen molar-refractivity contribution in [1.29, 1.82) is 0 Å². The van der Waals surface area contributed by atoms with Crippen molar-refractivity contribution < 1.29 is 27.4 Å². The Morgan fingerprint density at radius 3 is 2.32 bits per heavy atom. The second-order valence-corrected chi connectivity index (χ2v) is 9.55. The summed E-state index contributed by atoms with van der Waals surface area (Å²) < 4.78 is 43.2. The Morgan fingerprint density at radius 1 is 0.912 bits per heavy atom. The molecule has 1 saturated heterocycles. The van der Waals surface area contributed by atoms with Gasteiger partial charge in [0.15, 0.2) is 11.5 Å². The van der Waals surface area contributed by atoms with E-state index >= 15 is 0 Å². The molecule has 1 aliphatic heterocycles. The number of rotatable bonds is 7. The van der Waals surface area contributed by atoms with Gasteiger partial charge in [-0.25, -0.2) is 8.42 Å². The average Bonchev–Trinajstić information content (AvgIpc) is 3.38. The number of carbonyl (C=O) groups is 1. The molecule has 1 aliphatic rings. The quantitative estimate of drug-likeness (QED) is 0.545. The smallest absolute Gasteiger partial charge is 0.271 e. The fraction of sp³-hybridized carbons (Fsp3) is 0.304. The Balaban J connectivity index is 1.44. The number of nitrogens with zero attached hydrogens (tertiary/aromatic N) is 3. The van der Waals surface area contributed by atoms with E-state index in [-0.39, 0.29) is 37.0 Å². The normalized spacial score (nSPS) is 14.6. The number of H-pyrrole nitrogens is 1. The summed E-state index contributed by atoms with van der Waals surface area (Å²) in [5.74, 6) is 1.25. The summed E-state index contributed by atoms with van der Waals surface area (Å²) in [6.45, 7) is 0.885. The number of aromatic nitrogens is 2. The first kappa shape index (κ1) is 23.6. The van der Waals surface area contributed by atoms with Gasteiger partial charge in [0, 0.05) is 37.8 Å². The standard InChI is InChI=1S/C23H26N4O6S/c1-31-17-6-4-5-16(13-17)19-15-20(25-24-19)23(28)26-9-11-27(12-10-26)34(29,30)18-7-8-21(32-2)22(14-18)33-3/h4-8,13-15H,9-12H2,1-3H3,(H,24,25). The summed E-state index contributed by atoms with van der Waals surface area (Å²) in [6, 6.07) is 13.6. The molecule has 0 atom stereocenters. The van der Waals surface area contributed by atoms with Crippen LogP contribution in [0.15, 0.2) is 53.4 Å². The Labute approximate surface area is 198 Å². The molecule has 0 bridgehead atoms. The zero-order valence-electron chi connectivity index (χ0n) is 19.1. The van der Waals surface area contributed by atoms with E-state index in [1.807, 2.05) is 24.3 Å². The molecule has 1 aromatic heterocycles. The van der Waals surface area contributed by atoms with Crippen molar-refractivity contribution in [2.24, 2.45) is 0 Å². The molecule has 0 unspecified atom stereocenters. The number of benzene rings is 2. The number of nitrogens with one attached hydrogen (secondary N) is 1. The van der Waals surface area contributed by atoms with Crippen molar-refractivity contribution in [2.75, 3.05) is 47.5 Å². The molecule has 1 amide bonds. The van der Waals surface area contributed by atoms with Gasteiger partial charge in [0.25, 0.3) is 5.91 Å². The van der Waals surface area contributed by atoms with E-state index in [1.54, 1.807) is 24.1 Å². The molecule has 0 aliphatic carbocycles. The average molecular weight is 487 g/mol. The van der Waals surface area contributed by atoms with Crippen LogP contribution in [0.25, 0.3) is 11.3 Å². The number of hydrogen-bond acceptors (Lipinski definition) is 7. The van der Waals surface area contributed by atoms with E-state index in [0.29, 0.717) is 28.6 Å². The van der Waals surface area contributed by atoms with E-state index in [4.69, 9.17) is 14.2 Å². The summed E-state index contributed by atoms with van der Waals surface area (Å²) in [5.41, 5.74) is 1.78. The lowest BCUT2D eigenvalue weighted by molar-refractivity contribution is 0.0692. The maximum absolute atomic E-state index is 13.1. The molecule has 0 saturated carbocycles. The van der Waals surface area contributed by atoms with Crippen LogP contribution >= 0.6 is 0 Å². The molecular weight excluding hydrogens is 460 g/mol. The van der Waals surface area contributed by atoms with Crippen molar-refractivity contribution in [1.82, 2.24) is 19.4 Å². The van der Waals surface area contributed by atoms with Gasteiger partial charge in [0.2, 0.25) is 10.0 Å². The number of carbonyl (C=O) groups excluding carboxylic acids is 1. The fourth-order valence-electron chi connectivity index (χ4n) is 3.79. The molecule has 2 aromatic carbocycles. The van der Waals surface area contributed by atoms with Gasteiger partial charge in [-0.1, -0.05) is 12.1 Å². The molecule has 4 rings (SSSR count). The predicted octanol–water partition coefficient (Wildman–Crippen LogP) is 2.25. The largest absolute Gasteiger partial charge is 0.497 e. The van der Waals surface area contributed by atoms with Gasteiger partial charge in [0.05, 0.1) is 31.9 Å². The summed E-state index contributed by atoms with van der Waals surface area (Å²) in [6.07, 6.45) is 0. The van der Waals surface area contributed by atoms with Gasteiger partial charge in [0.1, 0.15) is 11.4 Å². The number of piperazine rings is 1. The van der Waals surface area contributed by atoms with E-state index < -0.39 is 10.0 Å². The molecule has 3 aromatic rings. The van der Waals surface area contributed by atoms with Crippen LogP contribution in [0.5, 0.6) is 17.2 Å². The van der Waals surface area contributed by atoms with Gasteiger partial charge in [-0.15, -0.1) is 0 Å². The van der Waals surface area contributed by atoms with E-state index in [0.717, 1.165) is 5.56 Å². The summed E-state index contributed by atoms with van der Waals surface area (Å²) in [4.78, 5) is 14.7. The third-order valence-corrected chi connectivity index (χ3v) is 7.59. The first-order valence-corrected chi connectivity index (χ1v) is 12.0. The highest BCUT2D eigenvalue weighted by Crippen LogP contribution is 2.31. The minimum atomic E-state index is -3.74. The number of ether oxygens (including phenoxy) is 3. The third-order valence-electron chi connectivity index (χ3n) is 5.69. The fourth-order valence-corrected chi connectivity index (χ4v) is 5.23. The van der Waals surface area contributed by atoms with Crippen LogP contribution < -0.4 is 14.2 Å². The van der Waals surface area contributed by atoms with Crippen molar-refractivity contribution >= 4 is 15.9 Å². The van der Waals surface area contributed by atoms with Crippen LogP contribution in [-0.4, -0.2) is 81.2 Å². The van der Waals surface area contributed by atoms with Crippen molar-refractivity contribution in [2.45, 2.75) is 4.90 Å². The SMILES string of the molecule is COc1cccc(-c2cc(C(=O)N3CCN(S(=O)(=O)c4ccc(OC)c(OC)c4)CC3)[nH]n2)c1. The van der Waals surface area contributed by atoms with Crippen molar-refractivity contribution in [3.8, 4) is 28.5 Å². The van der Waals surface area contributed by atoms with Crippen LogP contribution in [0, 0.1) is 0 Å². The summed E-state index contributed by atoms with van der Waals surface area (Å²) in [5, 5.41) is 7.04. The predicted molar refractivity (Wildman–Crippen MR) is 125 cm³/mol. The van der Waals surface area contributed by atoms with E-state index in [1.165, 1.54) is 30.7 Å². The lowest BCUT2D eigenvalue weighted by atomic mass is 10.1. The van der Waals surface area contributed by atoms with Gasteiger partial charge in [-0.05, 0) is 30.3 Å². The highest BCUT2D eigenvalue weighted by molar-refractivity contribution is 7.89. The summed E-state index contributed by atoms with van der Waals surface area (Å²) in [7, 11) is 0.783. The van der Waals surface area contributed by atoms with Crippen molar-refractivity contribution in [3.63, 3.8) is 0 Å². The second-order valence-electron chi connectivity index (χ2n) is 7.61. The molecule has 11 heteroatoms. The zero-order chi connectivity index (χ0) is 24.3. The summed E-state index contributed by atoms with van der Waals surface area (Å²) >= 11 is 0. The van der Waals surface area contributed by atoms with Crippen LogP contribution in [0.3, 0.4) is 0 Å². The van der Waals surface area contributed by atoms with Gasteiger partial charge in [-0.3, -0.25) is 9.89 Å². The molecule has 1 N–H and O–H groups in total. The van der Waals surface area contributed by atoms with Crippen LogP contribution in [0.2, 0.25) is 0 Å². The second kappa shape index (κ2) is 9.74. The minimum Gasteiger partial charge on any atom is -0.497 e. The number of methoxy groups -OCH3 is 3. The Bertz CT molecular complexity index is 1280. The number of aromatic amines is 1. The Hall–Kier alpha value is -3.57. The van der Waals surface area contributed by atoms with E-state index in [2.05, 4.69) is 10.2 Å². The lowest BCUT2D eigenvalue weighted by Crippen LogP contribution is -2.50. The highest BCUT2D eigenvalue weighted by Gasteiger charge is 2.31. The maximum Gasteiger partial charge on any atom is 0.271 e. The van der Waals surface area contributed by atoms with Crippen LogP contribution in [0.1, 0.15) is 10.5 Å². The van der Waals surface area contributed by atoms with Gasteiger partial charge < -0.3 is 19.1 Å². The topological polar surface area (TPSA) is 114 Å². The number of amides is 1. The minimum absolute atomic E-state index is 0.112. The number of hydrogen-bond donors (Lipinski definition) is 1. The highest BCUT2D eigenvalue weighted by atomic mass is 32.2. The molecule has 1 fully saturated rings.